The van der Waals surface area contributed by atoms with Crippen LogP contribution in [0.5, 0.6) is 0 Å². The summed E-state index contributed by atoms with van der Waals surface area (Å²) in [5.41, 5.74) is 0. The number of carboxylic acids is 1. The second-order valence-electron chi connectivity index (χ2n) is 2.10. The Morgan fingerprint density at radius 1 is 1.56 bits per heavy atom. The molecule has 0 aromatic carbocycles. The van der Waals surface area contributed by atoms with E-state index in [4.69, 9.17) is 5.11 Å². The molecule has 1 aliphatic rings. The van der Waals surface area contributed by atoms with E-state index in [9.17, 15) is 9.18 Å². The Balaban J connectivity index is 0.000000640. The first-order chi connectivity index (χ1) is 3.70. The van der Waals surface area contributed by atoms with Gasteiger partial charge in [0.15, 0.2) is 0 Å². The van der Waals surface area contributed by atoms with Crippen LogP contribution in [0.25, 0.3) is 0 Å². The first-order valence-electron chi connectivity index (χ1n) is 2.57. The third-order valence-electron chi connectivity index (χ3n) is 1.43. The average Bonchev–Trinajstić information content (AvgIpc) is 1.57. The van der Waals surface area contributed by atoms with Gasteiger partial charge < -0.3 is 5.11 Å². The van der Waals surface area contributed by atoms with Crippen LogP contribution in [0, 0.1) is 5.92 Å². The predicted molar refractivity (Wildman–Crippen MR) is 32.5 cm³/mol. The summed E-state index contributed by atoms with van der Waals surface area (Å²) < 4.78 is 11.9. The topological polar surface area (TPSA) is 37.3 Å². The minimum absolute atomic E-state index is 0. The third-order valence-corrected chi connectivity index (χ3v) is 1.43. The minimum atomic E-state index is -0.862. The normalized spacial score (nSPS) is 32.1. The van der Waals surface area contributed by atoms with Gasteiger partial charge in [0.05, 0.1) is 5.92 Å². The maximum atomic E-state index is 11.9. The van der Waals surface area contributed by atoms with Gasteiger partial charge in [0, 0.05) is 0 Å². The molecule has 0 unspecified atom stereocenters. The predicted octanol–water partition coefficient (Wildman–Crippen LogP) is 1.24. The van der Waals surface area contributed by atoms with Gasteiger partial charge in [0.25, 0.3) is 0 Å². The molecular weight excluding hydrogens is 147 g/mol. The van der Waals surface area contributed by atoms with Crippen LogP contribution in [0.4, 0.5) is 4.39 Å². The van der Waals surface area contributed by atoms with Crippen LogP contribution in [0.1, 0.15) is 12.8 Å². The second-order valence-corrected chi connectivity index (χ2v) is 2.10. The molecule has 0 heterocycles. The van der Waals surface area contributed by atoms with Crippen molar-refractivity contribution in [2.75, 3.05) is 0 Å². The van der Waals surface area contributed by atoms with Crippen LogP contribution in [0.3, 0.4) is 0 Å². The Morgan fingerprint density at radius 3 is 2.11 bits per heavy atom. The summed E-state index contributed by atoms with van der Waals surface area (Å²) in [5, 5.41) is 8.18. The summed E-state index contributed by atoms with van der Waals surface area (Å²) in [6.07, 6.45) is -0.416. The van der Waals surface area contributed by atoms with Crippen LogP contribution in [-0.4, -0.2) is 17.2 Å². The number of hydrogen-bond acceptors (Lipinski definition) is 1. The van der Waals surface area contributed by atoms with E-state index in [1.165, 1.54) is 0 Å². The van der Waals surface area contributed by atoms with E-state index in [2.05, 4.69) is 0 Å². The molecule has 1 rings (SSSR count). The quantitative estimate of drug-likeness (QED) is 0.617. The molecule has 0 spiro atoms. The summed E-state index contributed by atoms with van der Waals surface area (Å²) in [5.74, 6) is -1.26. The van der Waals surface area contributed by atoms with E-state index < -0.39 is 18.1 Å². The monoisotopic (exact) mass is 154 g/mol. The highest BCUT2D eigenvalue weighted by molar-refractivity contribution is 5.85. The molecule has 0 atom stereocenters. The number of alkyl halides is 1. The van der Waals surface area contributed by atoms with Crippen molar-refractivity contribution in [3.8, 4) is 0 Å². The molecule has 1 saturated carbocycles. The van der Waals surface area contributed by atoms with Gasteiger partial charge in [-0.15, -0.1) is 12.4 Å². The fraction of sp³-hybridized carbons (Fsp3) is 0.800. The molecule has 0 aromatic rings. The number of halogens is 2. The van der Waals surface area contributed by atoms with Gasteiger partial charge in [0.1, 0.15) is 6.17 Å². The lowest BCUT2D eigenvalue weighted by Crippen LogP contribution is -2.31. The van der Waals surface area contributed by atoms with Crippen LogP contribution < -0.4 is 0 Å². The van der Waals surface area contributed by atoms with Gasteiger partial charge in [0.2, 0.25) is 0 Å². The van der Waals surface area contributed by atoms with E-state index in [0.717, 1.165) is 0 Å². The molecule has 0 saturated heterocycles. The molecule has 1 N–H and O–H groups in total. The summed E-state index contributed by atoms with van der Waals surface area (Å²) >= 11 is 0. The summed E-state index contributed by atoms with van der Waals surface area (Å²) in [4.78, 5) is 9.96. The van der Waals surface area contributed by atoms with Crippen LogP contribution in [0.2, 0.25) is 0 Å². The molecule has 0 aliphatic heterocycles. The highest BCUT2D eigenvalue weighted by Gasteiger charge is 2.34. The average molecular weight is 155 g/mol. The Kier molecular flexibility index (Phi) is 2.91. The molecule has 1 aliphatic carbocycles. The number of rotatable bonds is 1. The maximum Gasteiger partial charge on any atom is 0.306 e. The van der Waals surface area contributed by atoms with Crippen molar-refractivity contribution in [1.29, 1.82) is 0 Å². The van der Waals surface area contributed by atoms with E-state index >= 15 is 0 Å². The number of carbonyl (C=O) groups is 1. The lowest BCUT2D eigenvalue weighted by molar-refractivity contribution is -0.146. The summed E-state index contributed by atoms with van der Waals surface area (Å²) in [7, 11) is 0. The summed E-state index contributed by atoms with van der Waals surface area (Å²) in [6, 6.07) is 0. The zero-order chi connectivity index (χ0) is 6.15. The zero-order valence-electron chi connectivity index (χ0n) is 4.71. The second kappa shape index (κ2) is 3.01. The van der Waals surface area contributed by atoms with Crippen LogP contribution >= 0.6 is 12.4 Å². The van der Waals surface area contributed by atoms with Gasteiger partial charge >= 0.3 is 5.97 Å². The highest BCUT2D eigenvalue weighted by Crippen LogP contribution is 2.29. The minimum Gasteiger partial charge on any atom is -0.481 e. The fourth-order valence-corrected chi connectivity index (χ4v) is 0.750. The molecule has 9 heavy (non-hydrogen) atoms. The fourth-order valence-electron chi connectivity index (χ4n) is 0.750. The highest BCUT2D eigenvalue weighted by atomic mass is 35.5. The van der Waals surface area contributed by atoms with Gasteiger partial charge in [-0.05, 0) is 12.8 Å². The molecule has 2 nitrogen and oxygen atoms in total. The molecule has 0 aromatic heterocycles. The van der Waals surface area contributed by atoms with Gasteiger partial charge in [-0.1, -0.05) is 0 Å². The van der Waals surface area contributed by atoms with Crippen molar-refractivity contribution < 1.29 is 14.3 Å². The van der Waals surface area contributed by atoms with E-state index in [1.807, 2.05) is 0 Å². The molecule has 0 bridgehead atoms. The SMILES string of the molecule is Cl.O=C(O)C1CC(F)C1. The molecule has 0 amide bonds. The lowest BCUT2D eigenvalue weighted by atomic mass is 9.84. The first kappa shape index (κ1) is 8.69. The first-order valence-corrected chi connectivity index (χ1v) is 2.57. The van der Waals surface area contributed by atoms with Crippen molar-refractivity contribution >= 4 is 18.4 Å². The molecule has 4 heteroatoms. The van der Waals surface area contributed by atoms with E-state index in [0.29, 0.717) is 0 Å². The molecule has 54 valence electrons. The van der Waals surface area contributed by atoms with Crippen molar-refractivity contribution in [3.05, 3.63) is 0 Å². The zero-order valence-corrected chi connectivity index (χ0v) is 5.53. The van der Waals surface area contributed by atoms with Crippen molar-refractivity contribution in [1.82, 2.24) is 0 Å². The van der Waals surface area contributed by atoms with Crippen molar-refractivity contribution in [2.45, 2.75) is 19.0 Å². The number of carboxylic acid groups (broad SMARTS) is 1. The molecular formula is C5H8ClFO2. The van der Waals surface area contributed by atoms with E-state index in [1.54, 1.807) is 0 Å². The largest absolute Gasteiger partial charge is 0.481 e. The Bertz CT molecular complexity index is 112. The van der Waals surface area contributed by atoms with Crippen molar-refractivity contribution in [3.63, 3.8) is 0 Å². The van der Waals surface area contributed by atoms with Crippen LogP contribution in [0.15, 0.2) is 0 Å². The third kappa shape index (κ3) is 1.82. The Labute approximate surface area is 58.5 Å². The molecule has 1 fully saturated rings. The summed E-state index contributed by atoms with van der Waals surface area (Å²) in [6.45, 7) is 0. The van der Waals surface area contributed by atoms with E-state index in [-0.39, 0.29) is 25.2 Å². The lowest BCUT2D eigenvalue weighted by Gasteiger charge is -2.24. The number of aliphatic carboxylic acids is 1. The van der Waals surface area contributed by atoms with Gasteiger partial charge in [-0.25, -0.2) is 4.39 Å². The molecule has 0 radical (unpaired) electrons. The van der Waals surface area contributed by atoms with Gasteiger partial charge in [-0.3, -0.25) is 4.79 Å². The Hall–Kier alpha value is -0.310. The smallest absolute Gasteiger partial charge is 0.306 e. The maximum absolute atomic E-state index is 11.9. The Morgan fingerprint density at radius 2 is 2.00 bits per heavy atom. The number of hydrogen-bond donors (Lipinski definition) is 1. The van der Waals surface area contributed by atoms with Crippen molar-refractivity contribution in [2.24, 2.45) is 5.92 Å². The van der Waals surface area contributed by atoms with Gasteiger partial charge in [-0.2, -0.15) is 0 Å². The standard InChI is InChI=1S/C5H7FO2.ClH/c6-4-1-3(2-4)5(7)8;/h3-4H,1-2H2,(H,7,8);1H. The van der Waals surface area contributed by atoms with Crippen LogP contribution in [-0.2, 0) is 4.79 Å².